The van der Waals surface area contributed by atoms with Gasteiger partial charge in [0.15, 0.2) is 34.2 Å². The summed E-state index contributed by atoms with van der Waals surface area (Å²) in [7, 11) is 7.89. The van der Waals surface area contributed by atoms with Crippen LogP contribution in [0.25, 0.3) is 0 Å². The number of nitrogens with two attached hydrogens (primary N) is 2. The van der Waals surface area contributed by atoms with Gasteiger partial charge in [0.05, 0.1) is 71.2 Å². The van der Waals surface area contributed by atoms with E-state index < -0.39 is 17.5 Å². The van der Waals surface area contributed by atoms with Gasteiger partial charge in [-0.05, 0) is 83.9 Å². The molecule has 8 rings (SSSR count). The molecule has 0 aliphatic carbocycles. The van der Waals surface area contributed by atoms with Crippen molar-refractivity contribution < 1.29 is 36.9 Å². The van der Waals surface area contributed by atoms with Crippen LogP contribution in [0.15, 0.2) is 140 Å². The predicted octanol–water partition coefficient (Wildman–Crippen LogP) is 12.9. The molecule has 0 radical (unpaired) electrons. The van der Waals surface area contributed by atoms with Crippen LogP contribution in [0.3, 0.4) is 0 Å². The fourth-order valence-electron chi connectivity index (χ4n) is 5.16. The van der Waals surface area contributed by atoms with E-state index in [4.69, 9.17) is 70.0 Å². The number of hydrogen-bond acceptors (Lipinski definition) is 16. The van der Waals surface area contributed by atoms with Crippen molar-refractivity contribution in [2.45, 2.75) is 14.9 Å². The van der Waals surface area contributed by atoms with Crippen molar-refractivity contribution in [2.75, 3.05) is 63.0 Å². The molecule has 376 valence electrons. The van der Waals surface area contributed by atoms with E-state index in [1.165, 1.54) is 7.11 Å². The average Bonchev–Trinajstić information content (AvgIpc) is 3.36. The zero-order valence-electron chi connectivity index (χ0n) is 37.4. The molecule has 0 atom stereocenters. The van der Waals surface area contributed by atoms with Gasteiger partial charge >= 0.3 is 0 Å². The van der Waals surface area contributed by atoms with Gasteiger partial charge in [-0.2, -0.15) is 9.97 Å². The third kappa shape index (κ3) is 19.9. The molecule has 0 spiro atoms. The van der Waals surface area contributed by atoms with Gasteiger partial charge in [0.2, 0.25) is 16.5 Å². The van der Waals surface area contributed by atoms with Gasteiger partial charge in [-0.1, -0.05) is 75.0 Å². The number of para-hydroxylation sites is 6. The predicted molar refractivity (Wildman–Crippen MR) is 278 cm³/mol. The normalized spacial score (nSPS) is 9.51. The monoisotopic (exact) mass is 1040 g/mol. The number of halogens is 6. The Bertz CT molecular complexity index is 2860. The maximum absolute atomic E-state index is 14.1. The van der Waals surface area contributed by atoms with Crippen molar-refractivity contribution in [2.24, 2.45) is 0 Å². The summed E-state index contributed by atoms with van der Waals surface area (Å²) in [6.45, 7) is 0. The molecule has 7 N–H and O–H groups in total. The number of rotatable bonds is 11. The average molecular weight is 1040 g/mol. The van der Waals surface area contributed by atoms with Crippen LogP contribution in [0, 0.1) is 17.5 Å². The van der Waals surface area contributed by atoms with E-state index in [9.17, 15) is 13.2 Å². The Hall–Kier alpha value is -8.00. The second-order valence-electron chi connectivity index (χ2n) is 13.0. The van der Waals surface area contributed by atoms with Gasteiger partial charge in [0.1, 0.15) is 28.7 Å². The molecule has 0 fully saturated rings. The lowest BCUT2D eigenvalue weighted by atomic mass is 10.3. The first-order chi connectivity index (χ1) is 33.3. The van der Waals surface area contributed by atoms with Gasteiger partial charge in [-0.15, -0.1) is 0 Å². The molecule has 5 aromatic carbocycles. The first kappa shape index (κ1) is 59.1. The summed E-state index contributed by atoms with van der Waals surface area (Å²) in [6.07, 6.45) is 3.03. The molecule has 3 heterocycles. The van der Waals surface area contributed by atoms with Crippen molar-refractivity contribution in [3.8, 4) is 28.7 Å². The Morgan fingerprint density at radius 1 is 0.465 bits per heavy atom. The minimum atomic E-state index is -0.666. The SMILES string of the molecule is C.C.COc1cccc(N)c1.COc1cccc(Nc2ncc(F)c(Nc3ccccc3OC)n2)c1.COc1ccccc1N.COc1ccccc1Nc1nc(Cl)ncc1F.Fc1cnc(Cl)nc1Cl. The third-order valence-electron chi connectivity index (χ3n) is 8.41. The van der Waals surface area contributed by atoms with E-state index in [-0.39, 0.29) is 48.2 Å². The number of aromatic nitrogens is 6. The van der Waals surface area contributed by atoms with Crippen LogP contribution in [-0.2, 0) is 0 Å². The molecule has 0 aliphatic heterocycles. The van der Waals surface area contributed by atoms with E-state index >= 15 is 0 Å². The highest BCUT2D eigenvalue weighted by Crippen LogP contribution is 2.29. The van der Waals surface area contributed by atoms with Gasteiger partial charge in [-0.3, -0.25) is 0 Å². The van der Waals surface area contributed by atoms with Gasteiger partial charge in [0, 0.05) is 23.5 Å². The summed E-state index contributed by atoms with van der Waals surface area (Å²) in [5.41, 5.74) is 14.3. The maximum atomic E-state index is 14.1. The number of anilines is 8. The summed E-state index contributed by atoms with van der Waals surface area (Å²) in [5.74, 6) is 1.89. The lowest BCUT2D eigenvalue weighted by Crippen LogP contribution is -2.04. The zero-order chi connectivity index (χ0) is 50.1. The topological polar surface area (TPSA) is 212 Å². The van der Waals surface area contributed by atoms with Crippen LogP contribution in [0.1, 0.15) is 14.9 Å². The number of benzene rings is 5. The fourth-order valence-corrected chi connectivity index (χ4v) is 5.60. The van der Waals surface area contributed by atoms with Crippen LogP contribution in [-0.4, -0.2) is 65.5 Å². The van der Waals surface area contributed by atoms with Crippen molar-refractivity contribution >= 4 is 80.8 Å². The van der Waals surface area contributed by atoms with E-state index in [0.717, 1.165) is 41.5 Å². The van der Waals surface area contributed by atoms with E-state index in [0.29, 0.717) is 34.3 Å². The van der Waals surface area contributed by atoms with Crippen LogP contribution in [0.2, 0.25) is 15.7 Å². The van der Waals surface area contributed by atoms with Crippen molar-refractivity contribution in [1.29, 1.82) is 0 Å². The van der Waals surface area contributed by atoms with Gasteiger partial charge in [0.25, 0.3) is 0 Å². The van der Waals surface area contributed by atoms with Crippen LogP contribution in [0.4, 0.5) is 59.2 Å². The number of nitrogens with one attached hydrogen (secondary N) is 3. The van der Waals surface area contributed by atoms with Gasteiger partial charge in [-0.25, -0.2) is 33.1 Å². The van der Waals surface area contributed by atoms with Crippen molar-refractivity contribution in [3.63, 3.8) is 0 Å². The largest absolute Gasteiger partial charge is 0.497 e. The van der Waals surface area contributed by atoms with Gasteiger partial charge < -0.3 is 51.1 Å². The first-order valence-corrected chi connectivity index (χ1v) is 20.9. The smallest absolute Gasteiger partial charge is 0.229 e. The highest BCUT2D eigenvalue weighted by atomic mass is 35.5. The van der Waals surface area contributed by atoms with Crippen molar-refractivity contribution in [1.82, 2.24) is 29.9 Å². The second-order valence-corrected chi connectivity index (χ2v) is 14.1. The summed E-state index contributed by atoms with van der Waals surface area (Å²) in [5, 5.41) is 8.41. The molecule has 8 aromatic rings. The van der Waals surface area contributed by atoms with Crippen molar-refractivity contribution in [3.05, 3.63) is 173 Å². The molecule has 0 saturated carbocycles. The molecule has 71 heavy (non-hydrogen) atoms. The number of nitrogen functional groups attached to an aromatic ring is 2. The number of hydrogen-bond donors (Lipinski definition) is 5. The summed E-state index contributed by atoms with van der Waals surface area (Å²) < 4.78 is 65.0. The quantitative estimate of drug-likeness (QED) is 0.0463. The molecule has 0 unspecified atom stereocenters. The minimum Gasteiger partial charge on any atom is -0.497 e. The van der Waals surface area contributed by atoms with Crippen LogP contribution < -0.4 is 51.1 Å². The highest BCUT2D eigenvalue weighted by Gasteiger charge is 2.12. The summed E-state index contributed by atoms with van der Waals surface area (Å²) in [4.78, 5) is 22.1. The number of methoxy groups -OCH3 is 5. The zero-order valence-corrected chi connectivity index (χ0v) is 39.7. The maximum Gasteiger partial charge on any atom is 0.229 e. The Morgan fingerprint density at radius 3 is 1.41 bits per heavy atom. The molecule has 22 heteroatoms. The van der Waals surface area contributed by atoms with E-state index in [1.54, 1.807) is 77.0 Å². The molecule has 0 amide bonds. The van der Waals surface area contributed by atoms with E-state index in [1.807, 2.05) is 72.8 Å². The van der Waals surface area contributed by atoms with Crippen LogP contribution >= 0.6 is 34.8 Å². The Morgan fingerprint density at radius 2 is 0.930 bits per heavy atom. The summed E-state index contributed by atoms with van der Waals surface area (Å²) in [6, 6.07) is 36.3. The lowest BCUT2D eigenvalue weighted by molar-refractivity contribution is 0.415. The first-order valence-electron chi connectivity index (χ1n) is 19.8. The Kier molecular flexibility index (Phi) is 26.0. The molecule has 0 saturated heterocycles. The fraction of sp³-hybridized carbons (Fsp3) is 0.143. The van der Waals surface area contributed by atoms with E-state index in [2.05, 4.69) is 45.9 Å². The minimum absolute atomic E-state index is 0. The third-order valence-corrected chi connectivity index (χ3v) is 9.04. The molecule has 3 aromatic heterocycles. The molecular weight excluding hydrogens is 986 g/mol. The molecule has 0 bridgehead atoms. The second kappa shape index (κ2) is 31.2. The molecule has 0 aliphatic rings. The number of nitrogens with zero attached hydrogens (tertiary/aromatic N) is 6. The lowest BCUT2D eigenvalue weighted by Gasteiger charge is -2.12. The number of ether oxygens (including phenoxy) is 5. The Labute approximate surface area is 425 Å². The Balaban J connectivity index is 0.000000325. The highest BCUT2D eigenvalue weighted by molar-refractivity contribution is 6.31. The molecular formula is C49H53Cl3F3N11O5. The van der Waals surface area contributed by atoms with Crippen LogP contribution in [0.5, 0.6) is 28.7 Å². The summed E-state index contributed by atoms with van der Waals surface area (Å²) >= 11 is 16.0. The standard InChI is InChI=1S/C18H17FN4O2.C11H9ClFN3O.2C7H9NO.C4HCl2FN2.2CH4/c1-24-13-7-5-6-12(10-13)21-18-20-11-14(19)17(23-18)22-15-8-3-4-9-16(15)25-2;1-17-9-5-3-2-4-8(9)15-10-7(13)6-14-11(12)16-10;1-9-7-4-2-3-6(8)5-7;1-9-7-5-3-2-4-6(7)8;5-3-2(7)1-8-4(6)9-3;;/h3-11H,1-2H3,(H2,20,21,22,23);2-6H,1H3,(H,14,15,16);2*2-5H,8H2,1H3;1H;2*1H4. The molecule has 16 nitrogen and oxygen atoms in total.